The Hall–Kier alpha value is -1.42. The number of unbranched alkanes of at least 4 members (excludes halogenated alkanes) is 1. The van der Waals surface area contributed by atoms with Crippen LogP contribution in [0.15, 0.2) is 18.2 Å². The minimum Gasteiger partial charge on any atom is -0.506 e. The number of ether oxygens (including phenoxy) is 1. The standard InChI is InChI=1S/C10H15NO3/c11-10-8(13)4-3-5-9(10)14-7-2-1-6-12/h3-5,12-13H,1-2,6-7,11H2. The van der Waals surface area contributed by atoms with Crippen LogP contribution >= 0.6 is 0 Å². The number of aromatic hydroxyl groups is 1. The number of phenols is 1. The van der Waals surface area contributed by atoms with Crippen molar-refractivity contribution in [1.82, 2.24) is 0 Å². The van der Waals surface area contributed by atoms with E-state index in [2.05, 4.69) is 0 Å². The first kappa shape index (κ1) is 10.7. The van der Waals surface area contributed by atoms with E-state index >= 15 is 0 Å². The molecule has 0 aliphatic rings. The first-order valence-corrected chi connectivity index (χ1v) is 4.57. The summed E-state index contributed by atoms with van der Waals surface area (Å²) in [6, 6.07) is 4.89. The van der Waals surface area contributed by atoms with Crippen LogP contribution in [0, 0.1) is 0 Å². The maximum Gasteiger partial charge on any atom is 0.145 e. The topological polar surface area (TPSA) is 75.7 Å². The van der Waals surface area contributed by atoms with Gasteiger partial charge in [-0.2, -0.15) is 0 Å². The number of para-hydroxylation sites is 1. The molecule has 0 aromatic heterocycles. The van der Waals surface area contributed by atoms with Gasteiger partial charge >= 0.3 is 0 Å². The molecule has 4 nitrogen and oxygen atoms in total. The molecule has 0 aliphatic carbocycles. The lowest BCUT2D eigenvalue weighted by Gasteiger charge is -2.08. The van der Waals surface area contributed by atoms with Crippen LogP contribution in [0.25, 0.3) is 0 Å². The Labute approximate surface area is 82.9 Å². The predicted molar refractivity (Wildman–Crippen MR) is 54.3 cm³/mol. The molecule has 1 aromatic rings. The molecule has 0 atom stereocenters. The average Bonchev–Trinajstić information content (AvgIpc) is 2.19. The molecule has 1 rings (SSSR count). The van der Waals surface area contributed by atoms with Crippen LogP contribution < -0.4 is 10.5 Å². The van der Waals surface area contributed by atoms with Gasteiger partial charge < -0.3 is 20.7 Å². The maximum atomic E-state index is 9.26. The summed E-state index contributed by atoms with van der Waals surface area (Å²) < 4.78 is 5.32. The van der Waals surface area contributed by atoms with Gasteiger partial charge in [-0.25, -0.2) is 0 Å². The predicted octanol–water partition coefficient (Wildman–Crippen LogP) is 1.13. The molecule has 0 fully saturated rings. The number of aliphatic hydroxyl groups is 1. The van der Waals surface area contributed by atoms with E-state index in [-0.39, 0.29) is 18.0 Å². The second-order valence-corrected chi connectivity index (χ2v) is 2.97. The van der Waals surface area contributed by atoms with Crippen LogP contribution in [0.5, 0.6) is 11.5 Å². The van der Waals surface area contributed by atoms with Crippen molar-refractivity contribution < 1.29 is 14.9 Å². The number of hydrogen-bond acceptors (Lipinski definition) is 4. The Bertz CT molecular complexity index is 289. The Morgan fingerprint density at radius 3 is 2.79 bits per heavy atom. The second-order valence-electron chi connectivity index (χ2n) is 2.97. The van der Waals surface area contributed by atoms with Crippen molar-refractivity contribution in [2.24, 2.45) is 0 Å². The molecule has 0 saturated carbocycles. The lowest BCUT2D eigenvalue weighted by molar-refractivity contribution is 0.253. The number of anilines is 1. The van der Waals surface area contributed by atoms with E-state index in [1.807, 2.05) is 0 Å². The number of benzene rings is 1. The van der Waals surface area contributed by atoms with Gasteiger partial charge in [0.15, 0.2) is 0 Å². The van der Waals surface area contributed by atoms with E-state index in [1.165, 1.54) is 6.07 Å². The SMILES string of the molecule is Nc1c(O)cccc1OCCCCO. The summed E-state index contributed by atoms with van der Waals surface area (Å²) in [5.41, 5.74) is 5.83. The molecule has 4 N–H and O–H groups in total. The van der Waals surface area contributed by atoms with Crippen molar-refractivity contribution in [3.8, 4) is 11.5 Å². The zero-order valence-corrected chi connectivity index (χ0v) is 7.94. The number of phenolic OH excluding ortho intramolecular Hbond substituents is 1. The fourth-order valence-corrected chi connectivity index (χ4v) is 1.05. The van der Waals surface area contributed by atoms with Crippen molar-refractivity contribution in [1.29, 1.82) is 0 Å². The van der Waals surface area contributed by atoms with Crippen molar-refractivity contribution >= 4 is 5.69 Å². The van der Waals surface area contributed by atoms with Crippen molar-refractivity contribution in [2.75, 3.05) is 18.9 Å². The minimum atomic E-state index is 0.0321. The number of nitrogen functional groups attached to an aromatic ring is 1. The third-order valence-corrected chi connectivity index (χ3v) is 1.85. The number of hydrogen-bond donors (Lipinski definition) is 3. The first-order chi connectivity index (χ1) is 6.75. The molecule has 0 radical (unpaired) electrons. The number of rotatable bonds is 5. The summed E-state index contributed by atoms with van der Waals surface area (Å²) in [6.07, 6.45) is 1.48. The van der Waals surface area contributed by atoms with Gasteiger partial charge in [-0.05, 0) is 25.0 Å². The number of aliphatic hydroxyl groups excluding tert-OH is 1. The molecule has 0 saturated heterocycles. The van der Waals surface area contributed by atoms with E-state index in [4.69, 9.17) is 15.6 Å². The summed E-state index contributed by atoms with van der Waals surface area (Å²) >= 11 is 0. The molecular weight excluding hydrogens is 182 g/mol. The smallest absolute Gasteiger partial charge is 0.145 e. The molecule has 0 spiro atoms. The van der Waals surface area contributed by atoms with Crippen LogP contribution in [0.2, 0.25) is 0 Å². The van der Waals surface area contributed by atoms with E-state index in [9.17, 15) is 5.11 Å². The van der Waals surface area contributed by atoms with Crippen molar-refractivity contribution in [3.05, 3.63) is 18.2 Å². The van der Waals surface area contributed by atoms with E-state index in [0.717, 1.165) is 6.42 Å². The van der Waals surface area contributed by atoms with E-state index < -0.39 is 0 Å². The monoisotopic (exact) mass is 197 g/mol. The third-order valence-electron chi connectivity index (χ3n) is 1.85. The molecule has 0 aliphatic heterocycles. The first-order valence-electron chi connectivity index (χ1n) is 4.57. The van der Waals surface area contributed by atoms with Crippen LogP contribution in [0.1, 0.15) is 12.8 Å². The molecule has 0 bridgehead atoms. The molecule has 0 heterocycles. The van der Waals surface area contributed by atoms with Crippen LogP contribution in [0.4, 0.5) is 5.69 Å². The zero-order valence-electron chi connectivity index (χ0n) is 7.94. The fourth-order valence-electron chi connectivity index (χ4n) is 1.05. The average molecular weight is 197 g/mol. The highest BCUT2D eigenvalue weighted by Gasteiger charge is 2.03. The molecule has 0 unspecified atom stereocenters. The lowest BCUT2D eigenvalue weighted by Crippen LogP contribution is -2.01. The summed E-state index contributed by atoms with van der Waals surface area (Å²) in [5.74, 6) is 0.521. The maximum absolute atomic E-state index is 9.26. The highest BCUT2D eigenvalue weighted by atomic mass is 16.5. The van der Waals surface area contributed by atoms with Crippen molar-refractivity contribution in [3.63, 3.8) is 0 Å². The lowest BCUT2D eigenvalue weighted by atomic mass is 10.2. The summed E-state index contributed by atoms with van der Waals surface area (Å²) in [4.78, 5) is 0. The van der Waals surface area contributed by atoms with Crippen LogP contribution in [0.3, 0.4) is 0 Å². The molecule has 14 heavy (non-hydrogen) atoms. The molecule has 0 amide bonds. The summed E-state index contributed by atoms with van der Waals surface area (Å²) in [5, 5.41) is 17.8. The van der Waals surface area contributed by atoms with Gasteiger partial charge in [-0.3, -0.25) is 0 Å². The Balaban J connectivity index is 2.46. The van der Waals surface area contributed by atoms with Crippen molar-refractivity contribution in [2.45, 2.75) is 12.8 Å². The van der Waals surface area contributed by atoms with E-state index in [0.29, 0.717) is 18.8 Å². The Kier molecular flexibility index (Phi) is 4.07. The normalized spacial score (nSPS) is 10.1. The van der Waals surface area contributed by atoms with Gasteiger partial charge in [0.05, 0.1) is 6.61 Å². The van der Waals surface area contributed by atoms with Crippen LogP contribution in [-0.2, 0) is 0 Å². The largest absolute Gasteiger partial charge is 0.506 e. The molecule has 78 valence electrons. The highest BCUT2D eigenvalue weighted by Crippen LogP contribution is 2.29. The molecule has 4 heteroatoms. The molecule has 1 aromatic carbocycles. The second kappa shape index (κ2) is 5.34. The summed E-state index contributed by atoms with van der Waals surface area (Å²) in [6.45, 7) is 0.660. The van der Waals surface area contributed by atoms with Crippen LogP contribution in [-0.4, -0.2) is 23.4 Å². The Morgan fingerprint density at radius 1 is 1.29 bits per heavy atom. The van der Waals surface area contributed by atoms with Gasteiger partial charge in [0.25, 0.3) is 0 Å². The third kappa shape index (κ3) is 2.81. The minimum absolute atomic E-state index is 0.0321. The Morgan fingerprint density at radius 2 is 2.07 bits per heavy atom. The highest BCUT2D eigenvalue weighted by molar-refractivity contribution is 5.61. The quantitative estimate of drug-likeness (QED) is 0.375. The number of nitrogens with two attached hydrogens (primary N) is 1. The van der Waals surface area contributed by atoms with E-state index in [1.54, 1.807) is 12.1 Å². The summed E-state index contributed by atoms with van der Waals surface area (Å²) in [7, 11) is 0. The van der Waals surface area contributed by atoms with Gasteiger partial charge in [0.1, 0.15) is 17.2 Å². The van der Waals surface area contributed by atoms with Gasteiger partial charge in [-0.15, -0.1) is 0 Å². The van der Waals surface area contributed by atoms with Gasteiger partial charge in [-0.1, -0.05) is 6.07 Å². The van der Waals surface area contributed by atoms with Gasteiger partial charge in [0.2, 0.25) is 0 Å². The molecular formula is C10H15NO3. The van der Waals surface area contributed by atoms with Gasteiger partial charge in [0, 0.05) is 6.61 Å². The fraction of sp³-hybridized carbons (Fsp3) is 0.400. The zero-order chi connectivity index (χ0) is 10.4.